The molecule has 1 aromatic carbocycles. The maximum Gasteiger partial charge on any atom is 0.261 e. The lowest BCUT2D eigenvalue weighted by molar-refractivity contribution is 0.0667. The summed E-state index contributed by atoms with van der Waals surface area (Å²) in [6.45, 7) is 13.8. The first kappa shape index (κ1) is 18.6. The number of hydrogen-bond acceptors (Lipinski definition) is 3. The molecule has 0 saturated heterocycles. The molecule has 0 N–H and O–H groups in total. The number of nitrogens with zero attached hydrogens (tertiary/aromatic N) is 1. The van der Waals surface area contributed by atoms with Crippen molar-refractivity contribution in [1.82, 2.24) is 4.90 Å². The Morgan fingerprint density at radius 2 is 1.62 bits per heavy atom. The van der Waals surface area contributed by atoms with Crippen LogP contribution in [0.15, 0.2) is 35.9 Å². The summed E-state index contributed by atoms with van der Waals surface area (Å²) in [5, 5.41) is 0.164. The van der Waals surface area contributed by atoms with Gasteiger partial charge in [0, 0.05) is 0 Å². The highest BCUT2D eigenvalue weighted by Crippen LogP contribution is 2.36. The normalized spacial score (nSPS) is 15.9. The summed E-state index contributed by atoms with van der Waals surface area (Å²) in [6.07, 6.45) is 1.98. The zero-order valence-electron chi connectivity index (χ0n) is 15.5. The second kappa shape index (κ2) is 6.65. The van der Waals surface area contributed by atoms with E-state index in [9.17, 15) is 9.59 Å². The molecular formula is C19H27NO3Si. The lowest BCUT2D eigenvalue weighted by atomic mass is 10.1. The van der Waals surface area contributed by atoms with Crippen LogP contribution in [-0.4, -0.2) is 38.2 Å². The first-order chi connectivity index (χ1) is 11.0. The van der Waals surface area contributed by atoms with E-state index >= 15 is 0 Å². The van der Waals surface area contributed by atoms with Crippen molar-refractivity contribution in [3.63, 3.8) is 0 Å². The minimum absolute atomic E-state index is 0.164. The number of carbonyl (C=O) groups excluding carboxylic acids is 2. The first-order valence-electron chi connectivity index (χ1n) is 8.29. The van der Waals surface area contributed by atoms with E-state index in [1.54, 1.807) is 24.3 Å². The van der Waals surface area contributed by atoms with Gasteiger partial charge in [0.05, 0.1) is 24.3 Å². The number of benzene rings is 1. The third-order valence-electron chi connectivity index (χ3n) is 4.97. The fourth-order valence-corrected chi connectivity index (χ4v) is 3.24. The molecule has 2 amide bonds. The molecule has 1 aromatic rings. The summed E-state index contributed by atoms with van der Waals surface area (Å²) in [6, 6.07) is 6.97. The molecule has 0 unspecified atom stereocenters. The van der Waals surface area contributed by atoms with Crippen LogP contribution in [0.25, 0.3) is 0 Å². The number of imide groups is 1. The summed E-state index contributed by atoms with van der Waals surface area (Å²) < 4.78 is 6.12. The van der Waals surface area contributed by atoms with Gasteiger partial charge in [0.25, 0.3) is 11.8 Å². The third-order valence-corrected chi connectivity index (χ3v) is 9.47. The molecule has 5 heteroatoms. The molecule has 2 rings (SSSR count). The lowest BCUT2D eigenvalue weighted by Crippen LogP contribution is -2.40. The monoisotopic (exact) mass is 345 g/mol. The Hall–Kier alpha value is -1.72. The topological polar surface area (TPSA) is 46.6 Å². The second-order valence-corrected chi connectivity index (χ2v) is 12.7. The van der Waals surface area contributed by atoms with E-state index in [4.69, 9.17) is 4.43 Å². The van der Waals surface area contributed by atoms with Gasteiger partial charge in [-0.3, -0.25) is 14.5 Å². The second-order valence-electron chi connectivity index (χ2n) is 7.86. The minimum atomic E-state index is -1.79. The van der Waals surface area contributed by atoms with E-state index in [-0.39, 0.29) is 16.9 Å². The Morgan fingerprint density at radius 1 is 1.12 bits per heavy atom. The Morgan fingerprint density at radius 3 is 2.08 bits per heavy atom. The predicted molar refractivity (Wildman–Crippen MR) is 98.7 cm³/mol. The molecule has 0 fully saturated rings. The molecule has 0 aliphatic carbocycles. The quantitative estimate of drug-likeness (QED) is 0.455. The largest absolute Gasteiger partial charge is 0.413 e. The van der Waals surface area contributed by atoms with E-state index in [0.29, 0.717) is 24.3 Å². The average molecular weight is 346 g/mol. The minimum Gasteiger partial charge on any atom is -0.413 e. The zero-order chi connectivity index (χ0) is 18.1. The number of amides is 2. The highest BCUT2D eigenvalue weighted by molar-refractivity contribution is 6.74. The predicted octanol–water partition coefficient (Wildman–Crippen LogP) is 4.25. The van der Waals surface area contributed by atoms with E-state index in [0.717, 1.165) is 5.57 Å². The third kappa shape index (κ3) is 3.68. The van der Waals surface area contributed by atoms with Gasteiger partial charge in [-0.2, -0.15) is 0 Å². The van der Waals surface area contributed by atoms with E-state index in [1.165, 1.54) is 4.90 Å². The van der Waals surface area contributed by atoms with E-state index in [1.807, 2.05) is 13.0 Å². The molecule has 0 aromatic heterocycles. The Bertz CT molecular complexity index is 651. The van der Waals surface area contributed by atoms with Gasteiger partial charge in [-0.1, -0.05) is 44.6 Å². The van der Waals surface area contributed by atoms with Crippen molar-refractivity contribution in [2.24, 2.45) is 0 Å². The van der Waals surface area contributed by atoms with Crippen LogP contribution in [0, 0.1) is 0 Å². The molecule has 0 saturated carbocycles. The van der Waals surface area contributed by atoms with Crippen LogP contribution in [0.5, 0.6) is 0 Å². The summed E-state index contributed by atoms with van der Waals surface area (Å²) in [5.74, 6) is -0.428. The van der Waals surface area contributed by atoms with Gasteiger partial charge in [-0.25, -0.2) is 0 Å². The molecule has 1 aliphatic rings. The van der Waals surface area contributed by atoms with Crippen LogP contribution in [0.3, 0.4) is 0 Å². The van der Waals surface area contributed by atoms with Gasteiger partial charge in [-0.05, 0) is 37.2 Å². The molecule has 0 radical (unpaired) electrons. The molecule has 1 aliphatic heterocycles. The van der Waals surface area contributed by atoms with Crippen molar-refractivity contribution in [3.05, 3.63) is 47.0 Å². The van der Waals surface area contributed by atoms with Gasteiger partial charge >= 0.3 is 0 Å². The fourth-order valence-electron chi connectivity index (χ4n) is 2.31. The van der Waals surface area contributed by atoms with Crippen molar-refractivity contribution in [3.8, 4) is 0 Å². The molecule has 130 valence electrons. The molecule has 4 nitrogen and oxygen atoms in total. The van der Waals surface area contributed by atoms with Crippen LogP contribution in [0.2, 0.25) is 18.1 Å². The summed E-state index contributed by atoms with van der Waals surface area (Å²) >= 11 is 0. The number of hydrogen-bond donors (Lipinski definition) is 0. The van der Waals surface area contributed by atoms with Gasteiger partial charge in [0.1, 0.15) is 0 Å². The van der Waals surface area contributed by atoms with Crippen molar-refractivity contribution >= 4 is 20.1 Å². The van der Waals surface area contributed by atoms with Gasteiger partial charge in [0.15, 0.2) is 8.32 Å². The Kier molecular flexibility index (Phi) is 5.16. The molecule has 1 heterocycles. The Balaban J connectivity index is 2.00. The van der Waals surface area contributed by atoms with Gasteiger partial charge in [0.2, 0.25) is 0 Å². The number of rotatable bonds is 5. The summed E-state index contributed by atoms with van der Waals surface area (Å²) in [5.41, 5.74) is 1.95. The van der Waals surface area contributed by atoms with Crippen molar-refractivity contribution in [2.45, 2.75) is 45.8 Å². The molecular weight excluding hydrogens is 318 g/mol. The smallest absolute Gasteiger partial charge is 0.261 e. The standard InChI is InChI=1S/C19H27NO3Si/c1-14(11-12-23-24(5,6)19(2,3)4)13-20-17(21)15-9-7-8-10-16(15)18(20)22/h7-11H,12-13H2,1-6H3/b14-11-. The maximum atomic E-state index is 12.4. The molecule has 0 atom stereocenters. The van der Waals surface area contributed by atoms with Crippen molar-refractivity contribution < 1.29 is 14.0 Å². The van der Waals surface area contributed by atoms with Gasteiger partial charge < -0.3 is 4.43 Å². The highest BCUT2D eigenvalue weighted by atomic mass is 28.4. The molecule has 0 bridgehead atoms. The van der Waals surface area contributed by atoms with E-state index in [2.05, 4.69) is 33.9 Å². The van der Waals surface area contributed by atoms with Crippen LogP contribution >= 0.6 is 0 Å². The number of fused-ring (bicyclic) bond motifs is 1. The maximum absolute atomic E-state index is 12.4. The molecule has 24 heavy (non-hydrogen) atoms. The Labute approximate surface area is 145 Å². The van der Waals surface area contributed by atoms with Crippen molar-refractivity contribution in [1.29, 1.82) is 0 Å². The van der Waals surface area contributed by atoms with E-state index < -0.39 is 8.32 Å². The lowest BCUT2D eigenvalue weighted by Gasteiger charge is -2.35. The van der Waals surface area contributed by atoms with Crippen LogP contribution in [-0.2, 0) is 4.43 Å². The molecule has 0 spiro atoms. The highest BCUT2D eigenvalue weighted by Gasteiger charge is 2.37. The zero-order valence-corrected chi connectivity index (χ0v) is 16.5. The van der Waals surface area contributed by atoms with Gasteiger partial charge in [-0.15, -0.1) is 0 Å². The van der Waals surface area contributed by atoms with Crippen LogP contribution in [0.1, 0.15) is 48.4 Å². The van der Waals surface area contributed by atoms with Crippen LogP contribution < -0.4 is 0 Å². The van der Waals surface area contributed by atoms with Crippen LogP contribution in [0.4, 0.5) is 0 Å². The SMILES string of the molecule is C/C(=C/CO[Si](C)(C)C(C)(C)C)CN1C(=O)c2ccccc2C1=O. The fraction of sp³-hybridized carbons (Fsp3) is 0.474. The first-order valence-corrected chi connectivity index (χ1v) is 11.2. The average Bonchev–Trinajstić information content (AvgIpc) is 2.71. The number of carbonyl (C=O) groups is 2. The van der Waals surface area contributed by atoms with Crippen molar-refractivity contribution in [2.75, 3.05) is 13.2 Å². The summed E-state index contributed by atoms with van der Waals surface area (Å²) in [4.78, 5) is 26.0. The summed E-state index contributed by atoms with van der Waals surface area (Å²) in [7, 11) is -1.79.